The average Bonchev–Trinajstić information content (AvgIpc) is 3.12. The van der Waals surface area contributed by atoms with Gasteiger partial charge in [0, 0.05) is 32.0 Å². The molecule has 0 aromatic rings. The Kier molecular flexibility index (Phi) is 4.22. The van der Waals surface area contributed by atoms with Crippen molar-refractivity contribution in [2.24, 2.45) is 23.3 Å². The molecule has 0 radical (unpaired) electrons. The van der Waals surface area contributed by atoms with Crippen LogP contribution in [-0.4, -0.2) is 35.8 Å². The third-order valence-electron chi connectivity index (χ3n) is 4.09. The summed E-state index contributed by atoms with van der Waals surface area (Å²) in [6, 6.07) is 0.0424. The molecule has 5 nitrogen and oxygen atoms in total. The van der Waals surface area contributed by atoms with Crippen LogP contribution in [0.2, 0.25) is 0 Å². The van der Waals surface area contributed by atoms with Gasteiger partial charge in [-0.05, 0) is 37.5 Å². The molecule has 1 aliphatic heterocycles. The SMILES string of the molecule is NC(=O)CC1CCN(C(=O)CC(N)C2CC2)CC1. The summed E-state index contributed by atoms with van der Waals surface area (Å²) in [5, 5.41) is 0. The number of hydrogen-bond acceptors (Lipinski definition) is 3. The second-order valence-electron chi connectivity index (χ2n) is 5.70. The summed E-state index contributed by atoms with van der Waals surface area (Å²) in [6.45, 7) is 1.49. The summed E-state index contributed by atoms with van der Waals surface area (Å²) in [4.78, 5) is 24.7. The van der Waals surface area contributed by atoms with E-state index in [2.05, 4.69) is 0 Å². The summed E-state index contributed by atoms with van der Waals surface area (Å²) < 4.78 is 0. The van der Waals surface area contributed by atoms with E-state index in [9.17, 15) is 9.59 Å². The molecule has 2 fully saturated rings. The van der Waals surface area contributed by atoms with Crippen LogP contribution in [0.4, 0.5) is 0 Å². The monoisotopic (exact) mass is 253 g/mol. The van der Waals surface area contributed by atoms with Crippen molar-refractivity contribution in [3.63, 3.8) is 0 Å². The van der Waals surface area contributed by atoms with E-state index >= 15 is 0 Å². The van der Waals surface area contributed by atoms with Crippen molar-refractivity contribution >= 4 is 11.8 Å². The number of piperidine rings is 1. The molecular weight excluding hydrogens is 230 g/mol. The average molecular weight is 253 g/mol. The molecule has 2 amide bonds. The highest BCUT2D eigenvalue weighted by Crippen LogP contribution is 2.33. The second-order valence-corrected chi connectivity index (χ2v) is 5.70. The van der Waals surface area contributed by atoms with Gasteiger partial charge in [-0.25, -0.2) is 0 Å². The number of amides is 2. The van der Waals surface area contributed by atoms with Crippen LogP contribution in [0.25, 0.3) is 0 Å². The van der Waals surface area contributed by atoms with Crippen molar-refractivity contribution in [1.29, 1.82) is 0 Å². The summed E-state index contributed by atoms with van der Waals surface area (Å²) in [5.74, 6) is 0.854. The normalized spacial score (nSPS) is 22.8. The molecular formula is C13H23N3O2. The van der Waals surface area contributed by atoms with E-state index in [0.29, 0.717) is 24.7 Å². The number of carbonyl (C=O) groups is 2. The van der Waals surface area contributed by atoms with Crippen LogP contribution >= 0.6 is 0 Å². The Morgan fingerprint density at radius 3 is 2.28 bits per heavy atom. The molecule has 4 N–H and O–H groups in total. The highest BCUT2D eigenvalue weighted by Gasteiger charge is 2.32. The van der Waals surface area contributed by atoms with E-state index in [1.165, 1.54) is 12.8 Å². The number of carbonyl (C=O) groups excluding carboxylic acids is 2. The van der Waals surface area contributed by atoms with Crippen LogP contribution in [0.5, 0.6) is 0 Å². The third kappa shape index (κ3) is 3.70. The standard InChI is InChI=1S/C13H23N3O2/c14-11(10-1-2-10)8-13(18)16-5-3-9(4-6-16)7-12(15)17/h9-11H,1-8,14H2,(H2,15,17). The topological polar surface area (TPSA) is 89.4 Å². The number of likely N-dealkylation sites (tertiary alicyclic amines) is 1. The number of hydrogen-bond donors (Lipinski definition) is 2. The molecule has 1 atom stereocenters. The highest BCUT2D eigenvalue weighted by atomic mass is 16.2. The van der Waals surface area contributed by atoms with Gasteiger partial charge in [-0.15, -0.1) is 0 Å². The van der Waals surface area contributed by atoms with Crippen LogP contribution in [0, 0.1) is 11.8 Å². The first-order valence-electron chi connectivity index (χ1n) is 6.88. The molecule has 1 aliphatic carbocycles. The largest absolute Gasteiger partial charge is 0.370 e. The molecule has 0 spiro atoms. The molecule has 2 rings (SSSR count). The maximum Gasteiger partial charge on any atom is 0.224 e. The predicted molar refractivity (Wildman–Crippen MR) is 68.4 cm³/mol. The van der Waals surface area contributed by atoms with Gasteiger partial charge >= 0.3 is 0 Å². The fraction of sp³-hybridized carbons (Fsp3) is 0.846. The molecule has 2 aliphatic rings. The molecule has 102 valence electrons. The minimum atomic E-state index is -0.240. The van der Waals surface area contributed by atoms with Crippen LogP contribution in [0.15, 0.2) is 0 Å². The molecule has 1 heterocycles. The molecule has 0 aromatic carbocycles. The van der Waals surface area contributed by atoms with Gasteiger partial charge in [-0.1, -0.05) is 0 Å². The zero-order valence-electron chi connectivity index (χ0n) is 10.8. The Hall–Kier alpha value is -1.10. The van der Waals surface area contributed by atoms with Crippen LogP contribution in [0.1, 0.15) is 38.5 Å². The molecule has 0 aromatic heterocycles. The van der Waals surface area contributed by atoms with E-state index in [1.807, 2.05) is 4.90 Å². The van der Waals surface area contributed by atoms with E-state index < -0.39 is 0 Å². The van der Waals surface area contributed by atoms with Crippen molar-refractivity contribution in [3.8, 4) is 0 Å². The third-order valence-corrected chi connectivity index (χ3v) is 4.09. The van der Waals surface area contributed by atoms with Crippen molar-refractivity contribution < 1.29 is 9.59 Å². The Balaban J connectivity index is 1.71. The van der Waals surface area contributed by atoms with E-state index in [-0.39, 0.29) is 17.9 Å². The zero-order chi connectivity index (χ0) is 13.1. The Morgan fingerprint density at radius 2 is 1.78 bits per heavy atom. The fourth-order valence-electron chi connectivity index (χ4n) is 2.69. The highest BCUT2D eigenvalue weighted by molar-refractivity contribution is 5.77. The van der Waals surface area contributed by atoms with Crippen LogP contribution in [0.3, 0.4) is 0 Å². The lowest BCUT2D eigenvalue weighted by Crippen LogP contribution is -2.42. The van der Waals surface area contributed by atoms with Crippen molar-refractivity contribution in [2.75, 3.05) is 13.1 Å². The summed E-state index contributed by atoms with van der Waals surface area (Å²) in [7, 11) is 0. The summed E-state index contributed by atoms with van der Waals surface area (Å²) in [5.41, 5.74) is 11.2. The molecule has 1 saturated carbocycles. The molecule has 1 saturated heterocycles. The fourth-order valence-corrected chi connectivity index (χ4v) is 2.69. The molecule has 5 heteroatoms. The molecule has 0 bridgehead atoms. The quantitative estimate of drug-likeness (QED) is 0.735. The van der Waals surface area contributed by atoms with Gasteiger partial charge in [0.2, 0.25) is 11.8 Å². The van der Waals surface area contributed by atoms with Crippen molar-refractivity contribution in [2.45, 2.75) is 44.6 Å². The van der Waals surface area contributed by atoms with E-state index in [1.54, 1.807) is 0 Å². The van der Waals surface area contributed by atoms with E-state index in [4.69, 9.17) is 11.5 Å². The summed E-state index contributed by atoms with van der Waals surface area (Å²) >= 11 is 0. The van der Waals surface area contributed by atoms with Gasteiger partial charge in [0.15, 0.2) is 0 Å². The lowest BCUT2D eigenvalue weighted by atomic mass is 9.93. The Bertz CT molecular complexity index is 320. The first-order valence-corrected chi connectivity index (χ1v) is 6.88. The number of primary amides is 1. The molecule has 1 unspecified atom stereocenters. The van der Waals surface area contributed by atoms with Gasteiger partial charge in [0.1, 0.15) is 0 Å². The lowest BCUT2D eigenvalue weighted by Gasteiger charge is -2.32. The van der Waals surface area contributed by atoms with Crippen molar-refractivity contribution in [3.05, 3.63) is 0 Å². The van der Waals surface area contributed by atoms with Crippen molar-refractivity contribution in [1.82, 2.24) is 4.90 Å². The van der Waals surface area contributed by atoms with Gasteiger partial charge in [-0.2, -0.15) is 0 Å². The minimum absolute atomic E-state index is 0.0424. The smallest absolute Gasteiger partial charge is 0.224 e. The zero-order valence-corrected chi connectivity index (χ0v) is 10.8. The van der Waals surface area contributed by atoms with Gasteiger partial charge < -0.3 is 16.4 Å². The number of nitrogens with two attached hydrogens (primary N) is 2. The molecule has 18 heavy (non-hydrogen) atoms. The maximum absolute atomic E-state index is 12.0. The minimum Gasteiger partial charge on any atom is -0.370 e. The van der Waals surface area contributed by atoms with Crippen LogP contribution in [-0.2, 0) is 9.59 Å². The van der Waals surface area contributed by atoms with E-state index in [0.717, 1.165) is 25.9 Å². The van der Waals surface area contributed by atoms with Gasteiger partial charge in [0.25, 0.3) is 0 Å². The maximum atomic E-state index is 12.0. The first-order chi connectivity index (χ1) is 8.56. The Morgan fingerprint density at radius 1 is 1.17 bits per heavy atom. The summed E-state index contributed by atoms with van der Waals surface area (Å²) in [6.07, 6.45) is 5.04. The second kappa shape index (κ2) is 5.69. The first kappa shape index (κ1) is 13.3. The van der Waals surface area contributed by atoms with Gasteiger partial charge in [-0.3, -0.25) is 9.59 Å². The number of rotatable bonds is 5. The number of nitrogens with zero attached hydrogens (tertiary/aromatic N) is 1. The van der Waals surface area contributed by atoms with Gasteiger partial charge in [0.05, 0.1) is 0 Å². The Labute approximate surface area is 108 Å². The predicted octanol–water partition coefficient (Wildman–Crippen LogP) is 0.228. The lowest BCUT2D eigenvalue weighted by molar-refractivity contribution is -0.133. The van der Waals surface area contributed by atoms with Crippen LogP contribution < -0.4 is 11.5 Å².